The average molecular weight is 434 g/mol. The molecule has 0 saturated heterocycles. The van der Waals surface area contributed by atoms with E-state index < -0.39 is 0 Å². The summed E-state index contributed by atoms with van der Waals surface area (Å²) in [5, 5.41) is 8.49. The van der Waals surface area contributed by atoms with Gasteiger partial charge in [-0.05, 0) is 24.0 Å². The summed E-state index contributed by atoms with van der Waals surface area (Å²) in [7, 11) is 0. The molecule has 28 heavy (non-hydrogen) atoms. The third kappa shape index (κ3) is 6.41. The van der Waals surface area contributed by atoms with Crippen LogP contribution in [0.2, 0.25) is 0 Å². The van der Waals surface area contributed by atoms with Crippen LogP contribution in [0.3, 0.4) is 0 Å². The number of aromatic nitrogens is 2. The fraction of sp³-hybridized carbons (Fsp3) is 0.350. The molecule has 0 aliphatic carbocycles. The van der Waals surface area contributed by atoms with Gasteiger partial charge in [-0.25, -0.2) is 9.97 Å². The molecule has 0 spiro atoms. The maximum Gasteiger partial charge on any atom is 0.270 e. The summed E-state index contributed by atoms with van der Waals surface area (Å²) >= 11 is 4.83. The van der Waals surface area contributed by atoms with Crippen molar-refractivity contribution in [3.63, 3.8) is 0 Å². The summed E-state index contributed by atoms with van der Waals surface area (Å²) in [6, 6.07) is 10.1. The fourth-order valence-corrected chi connectivity index (χ4v) is 4.48. The second kappa shape index (κ2) is 11.3. The molecule has 0 saturated carbocycles. The number of nitrogens with zero attached hydrogens (tertiary/aromatic N) is 2. The standard InChI is InChI=1S/C20H23N3O2S3/c1-26-11-5-9-21-19(24)16-13-28-20(23-16)17-14-27-18(22-17)8-10-25-12-15-6-3-2-4-7-15/h2-4,6-7,13-14H,5,8-12H2,1H3,(H,21,24). The van der Waals surface area contributed by atoms with Crippen LogP contribution in [-0.2, 0) is 17.8 Å². The largest absolute Gasteiger partial charge is 0.376 e. The maximum atomic E-state index is 12.1. The SMILES string of the molecule is CSCCCNC(=O)c1csc(-c2csc(CCOCc3ccccc3)n2)n1. The van der Waals surface area contributed by atoms with Crippen LogP contribution in [0.4, 0.5) is 0 Å². The number of carbonyl (C=O) groups is 1. The number of hydrogen-bond acceptors (Lipinski definition) is 7. The first-order valence-corrected chi connectivity index (χ1v) is 12.2. The number of thiazole rings is 2. The van der Waals surface area contributed by atoms with Crippen LogP contribution in [-0.4, -0.2) is 41.0 Å². The number of thioether (sulfide) groups is 1. The molecule has 0 bridgehead atoms. The number of nitrogens with one attached hydrogen (secondary N) is 1. The molecule has 3 aromatic rings. The minimum Gasteiger partial charge on any atom is -0.376 e. The van der Waals surface area contributed by atoms with E-state index in [1.165, 1.54) is 16.9 Å². The third-order valence-electron chi connectivity index (χ3n) is 3.89. The zero-order valence-electron chi connectivity index (χ0n) is 15.7. The van der Waals surface area contributed by atoms with Crippen LogP contribution in [0.25, 0.3) is 10.7 Å². The Morgan fingerprint density at radius 2 is 2.04 bits per heavy atom. The lowest BCUT2D eigenvalue weighted by atomic mass is 10.2. The molecular formula is C20H23N3O2S3. The van der Waals surface area contributed by atoms with Gasteiger partial charge in [0.2, 0.25) is 0 Å². The zero-order chi connectivity index (χ0) is 19.6. The highest BCUT2D eigenvalue weighted by Gasteiger charge is 2.13. The first kappa shape index (κ1) is 21.0. The zero-order valence-corrected chi connectivity index (χ0v) is 18.2. The molecule has 0 aliphatic rings. The van der Waals surface area contributed by atoms with Crippen LogP contribution < -0.4 is 5.32 Å². The van der Waals surface area contributed by atoms with Crippen molar-refractivity contribution < 1.29 is 9.53 Å². The van der Waals surface area contributed by atoms with E-state index in [0.29, 0.717) is 25.5 Å². The molecule has 0 unspecified atom stereocenters. The number of ether oxygens (including phenoxy) is 1. The summed E-state index contributed by atoms with van der Waals surface area (Å²) < 4.78 is 5.73. The Kier molecular flexibility index (Phi) is 8.47. The molecule has 0 radical (unpaired) electrons. The first-order valence-electron chi connectivity index (χ1n) is 9.05. The first-order chi connectivity index (χ1) is 13.8. The summed E-state index contributed by atoms with van der Waals surface area (Å²) in [4.78, 5) is 21.2. The van der Waals surface area contributed by atoms with Crippen molar-refractivity contribution >= 4 is 40.3 Å². The molecule has 0 aliphatic heterocycles. The van der Waals surface area contributed by atoms with E-state index in [-0.39, 0.29) is 5.91 Å². The Labute approximate surface area is 177 Å². The Balaban J connectivity index is 1.46. The quantitative estimate of drug-likeness (QED) is 0.451. The van der Waals surface area contributed by atoms with E-state index in [1.54, 1.807) is 28.5 Å². The van der Waals surface area contributed by atoms with Crippen molar-refractivity contribution in [3.05, 3.63) is 57.4 Å². The van der Waals surface area contributed by atoms with Crippen molar-refractivity contribution in [3.8, 4) is 10.7 Å². The smallest absolute Gasteiger partial charge is 0.270 e. The lowest BCUT2D eigenvalue weighted by molar-refractivity contribution is 0.0949. The highest BCUT2D eigenvalue weighted by Crippen LogP contribution is 2.25. The minimum absolute atomic E-state index is 0.117. The predicted molar refractivity (Wildman–Crippen MR) is 118 cm³/mol. The third-order valence-corrected chi connectivity index (χ3v) is 6.36. The van der Waals surface area contributed by atoms with E-state index >= 15 is 0 Å². The van der Waals surface area contributed by atoms with Crippen molar-refractivity contribution in [1.29, 1.82) is 0 Å². The molecule has 0 atom stereocenters. The monoisotopic (exact) mass is 433 g/mol. The van der Waals surface area contributed by atoms with E-state index in [0.717, 1.165) is 34.3 Å². The van der Waals surface area contributed by atoms with Gasteiger partial charge < -0.3 is 10.1 Å². The van der Waals surface area contributed by atoms with Gasteiger partial charge in [0.05, 0.1) is 18.2 Å². The van der Waals surface area contributed by atoms with Crippen molar-refractivity contribution in [2.24, 2.45) is 0 Å². The Morgan fingerprint density at radius 1 is 1.18 bits per heavy atom. The highest BCUT2D eigenvalue weighted by molar-refractivity contribution is 7.98. The topological polar surface area (TPSA) is 64.1 Å². The van der Waals surface area contributed by atoms with Gasteiger partial charge in [0, 0.05) is 23.7 Å². The van der Waals surface area contributed by atoms with Crippen LogP contribution in [0, 0.1) is 0 Å². The lowest BCUT2D eigenvalue weighted by Crippen LogP contribution is -2.25. The summed E-state index contributed by atoms with van der Waals surface area (Å²) in [5.74, 6) is 0.924. The van der Waals surface area contributed by atoms with Gasteiger partial charge in [0.25, 0.3) is 5.91 Å². The van der Waals surface area contributed by atoms with E-state index in [2.05, 4.69) is 33.7 Å². The van der Waals surface area contributed by atoms with Gasteiger partial charge in [0.15, 0.2) is 0 Å². The van der Waals surface area contributed by atoms with Crippen LogP contribution in [0.1, 0.15) is 27.5 Å². The number of rotatable bonds is 11. The molecule has 148 valence electrons. The second-order valence-corrected chi connectivity index (χ2v) is 8.84. The molecule has 1 aromatic carbocycles. The Morgan fingerprint density at radius 3 is 2.86 bits per heavy atom. The van der Waals surface area contributed by atoms with Gasteiger partial charge >= 0.3 is 0 Å². The van der Waals surface area contributed by atoms with E-state index in [9.17, 15) is 4.79 Å². The number of carbonyl (C=O) groups excluding carboxylic acids is 1. The van der Waals surface area contributed by atoms with Crippen molar-refractivity contribution in [2.75, 3.05) is 25.2 Å². The fourth-order valence-electron chi connectivity index (χ4n) is 2.45. The van der Waals surface area contributed by atoms with Gasteiger partial charge in [-0.2, -0.15) is 11.8 Å². The molecule has 8 heteroatoms. The van der Waals surface area contributed by atoms with E-state index in [1.807, 2.05) is 23.6 Å². The molecule has 2 aromatic heterocycles. The minimum atomic E-state index is -0.117. The Bertz CT molecular complexity index is 864. The van der Waals surface area contributed by atoms with Crippen LogP contribution in [0.15, 0.2) is 41.1 Å². The second-order valence-electron chi connectivity index (χ2n) is 6.05. The molecule has 1 N–H and O–H groups in total. The predicted octanol–water partition coefficient (Wildman–Crippen LogP) is 4.51. The van der Waals surface area contributed by atoms with Gasteiger partial charge in [-0.3, -0.25) is 4.79 Å². The molecule has 1 amide bonds. The average Bonchev–Trinajstić information content (AvgIpc) is 3.39. The lowest BCUT2D eigenvalue weighted by Gasteiger charge is -2.02. The molecule has 2 heterocycles. The van der Waals surface area contributed by atoms with Gasteiger partial charge in [-0.15, -0.1) is 22.7 Å². The highest BCUT2D eigenvalue weighted by atomic mass is 32.2. The molecule has 5 nitrogen and oxygen atoms in total. The van der Waals surface area contributed by atoms with Crippen LogP contribution in [0.5, 0.6) is 0 Å². The van der Waals surface area contributed by atoms with Gasteiger partial charge in [-0.1, -0.05) is 30.3 Å². The molecular weight excluding hydrogens is 410 g/mol. The normalized spacial score (nSPS) is 10.9. The number of benzene rings is 1. The number of amides is 1. The van der Waals surface area contributed by atoms with E-state index in [4.69, 9.17) is 4.74 Å². The molecule has 3 rings (SSSR count). The maximum absolute atomic E-state index is 12.1. The summed E-state index contributed by atoms with van der Waals surface area (Å²) in [5.41, 5.74) is 2.46. The van der Waals surface area contributed by atoms with Gasteiger partial charge in [0.1, 0.15) is 16.4 Å². The molecule has 0 fully saturated rings. The van der Waals surface area contributed by atoms with Crippen molar-refractivity contribution in [1.82, 2.24) is 15.3 Å². The van der Waals surface area contributed by atoms with Crippen molar-refractivity contribution in [2.45, 2.75) is 19.4 Å². The Hall–Kier alpha value is -1.74. The van der Waals surface area contributed by atoms with Crippen LogP contribution >= 0.6 is 34.4 Å². The number of hydrogen-bond donors (Lipinski definition) is 1. The summed E-state index contributed by atoms with van der Waals surface area (Å²) in [6.07, 6.45) is 3.80. The summed E-state index contributed by atoms with van der Waals surface area (Å²) in [6.45, 7) is 1.92.